The highest BCUT2D eigenvalue weighted by molar-refractivity contribution is 7.99. The zero-order chi connectivity index (χ0) is 18.7. The Morgan fingerprint density at radius 2 is 1.69 bits per heavy atom. The Hall–Kier alpha value is -2.38. The second-order valence-corrected chi connectivity index (χ2v) is 7.02. The lowest BCUT2D eigenvalue weighted by atomic mass is 10.0. The summed E-state index contributed by atoms with van der Waals surface area (Å²) in [7, 11) is 4.60. The van der Waals surface area contributed by atoms with Crippen LogP contribution in [0.15, 0.2) is 36.4 Å². The molecule has 1 heterocycles. The van der Waals surface area contributed by atoms with Crippen LogP contribution in [0.25, 0.3) is 0 Å². The van der Waals surface area contributed by atoms with Crippen molar-refractivity contribution in [2.75, 3.05) is 32.8 Å². The number of hydrogen-bond donors (Lipinski definition) is 2. The zero-order valence-electron chi connectivity index (χ0n) is 14.9. The van der Waals surface area contributed by atoms with Crippen molar-refractivity contribution in [2.45, 2.75) is 11.4 Å². The van der Waals surface area contributed by atoms with E-state index < -0.39 is 0 Å². The number of hydrogen-bond acceptors (Lipinski definition) is 7. The standard InChI is InChI=1S/C19H22N2O4S/c1-23-15-8-12(9-16(24-2)18(15)25-3)17(22)14-10-26-19(21-14)11-4-6-13(20)7-5-11/h4-9,14,19,21H,10,20H2,1-3H3. The minimum absolute atomic E-state index is 0.00491. The molecule has 0 saturated carbocycles. The SMILES string of the molecule is COc1cc(C(=O)C2CSC(c3ccc(N)cc3)N2)cc(OC)c1OC. The average molecular weight is 374 g/mol. The quantitative estimate of drug-likeness (QED) is 0.594. The molecule has 3 N–H and O–H groups in total. The molecule has 1 aliphatic rings. The van der Waals surface area contributed by atoms with Crippen molar-refractivity contribution in [2.24, 2.45) is 0 Å². The number of rotatable bonds is 6. The number of ether oxygens (including phenoxy) is 3. The van der Waals surface area contributed by atoms with Gasteiger partial charge in [0.1, 0.15) is 0 Å². The van der Waals surface area contributed by atoms with Gasteiger partial charge in [0.2, 0.25) is 5.75 Å². The maximum absolute atomic E-state index is 13.0. The van der Waals surface area contributed by atoms with Crippen molar-refractivity contribution in [1.29, 1.82) is 0 Å². The van der Waals surface area contributed by atoms with E-state index >= 15 is 0 Å². The number of thioether (sulfide) groups is 1. The minimum atomic E-state index is -0.287. The summed E-state index contributed by atoms with van der Waals surface area (Å²) < 4.78 is 16.0. The molecule has 0 bridgehead atoms. The maximum atomic E-state index is 13.0. The fraction of sp³-hybridized carbons (Fsp3) is 0.316. The summed E-state index contributed by atoms with van der Waals surface area (Å²) in [6.45, 7) is 0. The Bertz CT molecular complexity index is 770. The van der Waals surface area contributed by atoms with E-state index in [1.807, 2.05) is 24.3 Å². The molecule has 0 spiro atoms. The van der Waals surface area contributed by atoms with Gasteiger partial charge in [-0.2, -0.15) is 0 Å². The van der Waals surface area contributed by atoms with Gasteiger partial charge in [-0.15, -0.1) is 11.8 Å². The molecular weight excluding hydrogens is 352 g/mol. The third kappa shape index (κ3) is 3.59. The molecule has 138 valence electrons. The Balaban J connectivity index is 1.80. The number of ketones is 1. The monoisotopic (exact) mass is 374 g/mol. The molecule has 2 atom stereocenters. The lowest BCUT2D eigenvalue weighted by molar-refractivity contribution is 0.0955. The van der Waals surface area contributed by atoms with Crippen LogP contribution >= 0.6 is 11.8 Å². The largest absolute Gasteiger partial charge is 0.493 e. The van der Waals surface area contributed by atoms with Crippen LogP contribution in [-0.2, 0) is 0 Å². The summed E-state index contributed by atoms with van der Waals surface area (Å²) in [5, 5.41) is 3.45. The first-order valence-corrected chi connectivity index (χ1v) is 9.19. The predicted molar refractivity (Wildman–Crippen MR) is 103 cm³/mol. The van der Waals surface area contributed by atoms with Crippen molar-refractivity contribution in [3.63, 3.8) is 0 Å². The number of nitrogens with one attached hydrogen (secondary N) is 1. The summed E-state index contributed by atoms with van der Waals surface area (Å²) in [5.41, 5.74) is 8.09. The van der Waals surface area contributed by atoms with Gasteiger partial charge in [-0.1, -0.05) is 12.1 Å². The molecule has 7 heteroatoms. The van der Waals surface area contributed by atoms with E-state index in [0.717, 1.165) is 11.3 Å². The van der Waals surface area contributed by atoms with Gasteiger partial charge in [0.15, 0.2) is 17.3 Å². The Morgan fingerprint density at radius 3 is 2.23 bits per heavy atom. The second kappa shape index (κ2) is 7.88. The highest BCUT2D eigenvalue weighted by Gasteiger charge is 2.32. The van der Waals surface area contributed by atoms with Crippen LogP contribution in [0.2, 0.25) is 0 Å². The van der Waals surface area contributed by atoms with Crippen molar-refractivity contribution in [3.8, 4) is 17.2 Å². The van der Waals surface area contributed by atoms with E-state index in [1.165, 1.54) is 21.3 Å². The molecular formula is C19H22N2O4S. The van der Waals surface area contributed by atoms with Crippen LogP contribution in [0.1, 0.15) is 21.3 Å². The van der Waals surface area contributed by atoms with Gasteiger partial charge in [-0.05, 0) is 29.8 Å². The lowest BCUT2D eigenvalue weighted by Crippen LogP contribution is -2.34. The first kappa shape index (κ1) is 18.4. The highest BCUT2D eigenvalue weighted by atomic mass is 32.2. The zero-order valence-corrected chi connectivity index (χ0v) is 15.8. The fourth-order valence-corrected chi connectivity index (χ4v) is 4.15. The third-order valence-electron chi connectivity index (χ3n) is 4.29. The van der Waals surface area contributed by atoms with Crippen LogP contribution in [0.5, 0.6) is 17.2 Å². The topological polar surface area (TPSA) is 82.8 Å². The molecule has 2 unspecified atom stereocenters. The van der Waals surface area contributed by atoms with Gasteiger partial charge >= 0.3 is 0 Å². The van der Waals surface area contributed by atoms with Crippen LogP contribution in [0.4, 0.5) is 5.69 Å². The van der Waals surface area contributed by atoms with E-state index in [9.17, 15) is 4.79 Å². The van der Waals surface area contributed by atoms with Crippen LogP contribution in [-0.4, -0.2) is 38.9 Å². The fourth-order valence-electron chi connectivity index (χ4n) is 2.91. The van der Waals surface area contributed by atoms with Crippen molar-refractivity contribution >= 4 is 23.2 Å². The number of benzene rings is 2. The van der Waals surface area contributed by atoms with Crippen LogP contribution in [0.3, 0.4) is 0 Å². The van der Waals surface area contributed by atoms with Crippen LogP contribution < -0.4 is 25.3 Å². The number of nitrogens with two attached hydrogens (primary N) is 1. The predicted octanol–water partition coefficient (Wildman–Crippen LogP) is 2.88. The van der Waals surface area contributed by atoms with Gasteiger partial charge in [-0.25, -0.2) is 0 Å². The molecule has 1 saturated heterocycles. The number of Topliss-reactive ketones (excluding diaryl/α,β-unsaturated/α-hetero) is 1. The van der Waals surface area contributed by atoms with Gasteiger partial charge in [-0.3, -0.25) is 10.1 Å². The van der Waals surface area contributed by atoms with E-state index in [4.69, 9.17) is 19.9 Å². The van der Waals surface area contributed by atoms with Crippen LogP contribution in [0, 0.1) is 0 Å². The number of carbonyl (C=O) groups excluding carboxylic acids is 1. The Kier molecular flexibility index (Phi) is 5.58. The first-order valence-electron chi connectivity index (χ1n) is 8.14. The van der Waals surface area contributed by atoms with Crippen molar-refractivity contribution < 1.29 is 19.0 Å². The van der Waals surface area contributed by atoms with Gasteiger partial charge in [0.05, 0.1) is 32.7 Å². The second-order valence-electron chi connectivity index (χ2n) is 5.88. The van der Waals surface area contributed by atoms with E-state index in [-0.39, 0.29) is 17.2 Å². The summed E-state index contributed by atoms with van der Waals surface area (Å²) in [6, 6.07) is 10.8. The molecule has 6 nitrogen and oxygen atoms in total. The van der Waals surface area contributed by atoms with Gasteiger partial charge < -0.3 is 19.9 Å². The average Bonchev–Trinajstić information content (AvgIpc) is 3.16. The normalized spacial score (nSPS) is 19.2. The molecule has 1 aliphatic heterocycles. The molecule has 0 amide bonds. The third-order valence-corrected chi connectivity index (χ3v) is 5.55. The number of nitrogen functional groups attached to an aromatic ring is 1. The molecule has 0 aliphatic carbocycles. The summed E-state index contributed by atoms with van der Waals surface area (Å²) >= 11 is 1.70. The number of carbonyl (C=O) groups is 1. The molecule has 2 aromatic rings. The number of methoxy groups -OCH3 is 3. The smallest absolute Gasteiger partial charge is 0.203 e. The molecule has 0 aromatic heterocycles. The van der Waals surface area contributed by atoms with Crippen molar-refractivity contribution in [1.82, 2.24) is 5.32 Å². The summed E-state index contributed by atoms with van der Waals surface area (Å²) in [6.07, 6.45) is 0. The minimum Gasteiger partial charge on any atom is -0.493 e. The molecule has 3 rings (SSSR count). The summed E-state index contributed by atoms with van der Waals surface area (Å²) in [4.78, 5) is 13.0. The summed E-state index contributed by atoms with van der Waals surface area (Å²) in [5.74, 6) is 2.09. The highest BCUT2D eigenvalue weighted by Crippen LogP contribution is 2.39. The number of anilines is 1. The van der Waals surface area contributed by atoms with Gasteiger partial charge in [0.25, 0.3) is 0 Å². The van der Waals surface area contributed by atoms with E-state index in [2.05, 4.69) is 5.32 Å². The Labute approximate surface area is 157 Å². The van der Waals surface area contributed by atoms with Gasteiger partial charge in [0, 0.05) is 17.0 Å². The lowest BCUT2D eigenvalue weighted by Gasteiger charge is -2.16. The van der Waals surface area contributed by atoms with E-state index in [0.29, 0.717) is 28.6 Å². The van der Waals surface area contributed by atoms with Crippen molar-refractivity contribution in [3.05, 3.63) is 47.5 Å². The maximum Gasteiger partial charge on any atom is 0.203 e. The molecule has 1 fully saturated rings. The molecule has 26 heavy (non-hydrogen) atoms. The molecule has 0 radical (unpaired) electrons. The first-order chi connectivity index (χ1) is 12.6. The molecule has 2 aromatic carbocycles. The van der Waals surface area contributed by atoms with E-state index in [1.54, 1.807) is 23.9 Å². The Morgan fingerprint density at radius 1 is 1.08 bits per heavy atom.